The first kappa shape index (κ1) is 16.2. The van der Waals surface area contributed by atoms with E-state index < -0.39 is 25.1 Å². The summed E-state index contributed by atoms with van der Waals surface area (Å²) in [5, 5.41) is -1.08. The molecule has 0 N–H and O–H groups in total. The second-order valence-electron chi connectivity index (χ2n) is 4.95. The van der Waals surface area contributed by atoms with E-state index in [-0.39, 0.29) is 13.2 Å². The molecule has 0 aliphatic heterocycles. The molecule has 0 aliphatic rings. The third-order valence-electron chi connectivity index (χ3n) is 3.06. The monoisotopic (exact) mass is 260 g/mol. The van der Waals surface area contributed by atoms with Gasteiger partial charge in [0, 0.05) is 0 Å². The molecule has 0 saturated carbocycles. The number of esters is 2. The van der Waals surface area contributed by atoms with E-state index in [2.05, 4.69) is 0 Å². The molecule has 0 rings (SSSR count). The molecule has 0 atom stereocenters. The largest absolute Gasteiger partial charge is 0.465 e. The summed E-state index contributed by atoms with van der Waals surface area (Å²) in [6.07, 6.45) is 0.431. The first-order valence-corrected chi connectivity index (χ1v) is 9.62. The molecule has 0 aromatic heterocycles. The smallest absolute Gasteiger partial charge is 0.320 e. The maximum atomic E-state index is 12.2. The lowest BCUT2D eigenvalue weighted by Gasteiger charge is -2.37. The molecule has 0 spiro atoms. The summed E-state index contributed by atoms with van der Waals surface area (Å²) >= 11 is 0. The molecule has 0 fully saturated rings. The van der Waals surface area contributed by atoms with Crippen molar-refractivity contribution in [2.45, 2.75) is 51.9 Å². The minimum atomic E-state index is -2.09. The van der Waals surface area contributed by atoms with E-state index in [1.165, 1.54) is 0 Å². The molecule has 17 heavy (non-hydrogen) atoms. The standard InChI is InChI=1S/C12H24O4Si/c1-7-12(17(4,5)6,10(13)15-8-2)11(14)16-9-3/h7-9H2,1-6H3. The van der Waals surface area contributed by atoms with Gasteiger partial charge in [-0.05, 0) is 20.3 Å². The summed E-state index contributed by atoms with van der Waals surface area (Å²) in [5.41, 5.74) is 0. The lowest BCUT2D eigenvalue weighted by Crippen LogP contribution is -2.51. The molecule has 5 heteroatoms. The van der Waals surface area contributed by atoms with Crippen molar-refractivity contribution in [1.82, 2.24) is 0 Å². The van der Waals surface area contributed by atoms with Crippen LogP contribution in [0.1, 0.15) is 27.2 Å². The Hall–Kier alpha value is -0.843. The number of ether oxygens (including phenoxy) is 2. The van der Waals surface area contributed by atoms with Crippen molar-refractivity contribution in [3.63, 3.8) is 0 Å². The summed E-state index contributed by atoms with van der Waals surface area (Å²) in [6, 6.07) is 0. The molecule has 0 amide bonds. The first-order chi connectivity index (χ1) is 7.77. The van der Waals surface area contributed by atoms with Crippen LogP contribution in [0.4, 0.5) is 0 Å². The molecule has 0 aromatic rings. The predicted octanol–water partition coefficient (Wildman–Crippen LogP) is 2.60. The molecular formula is C12H24O4Si. The molecule has 4 nitrogen and oxygen atoms in total. The van der Waals surface area contributed by atoms with Gasteiger partial charge in [-0.25, -0.2) is 0 Å². The zero-order chi connectivity index (χ0) is 13.7. The molecular weight excluding hydrogens is 236 g/mol. The van der Waals surface area contributed by atoms with Crippen molar-refractivity contribution in [3.05, 3.63) is 0 Å². The van der Waals surface area contributed by atoms with Gasteiger partial charge in [0.15, 0.2) is 5.04 Å². The van der Waals surface area contributed by atoms with Crippen molar-refractivity contribution in [2.75, 3.05) is 13.2 Å². The number of carbonyl (C=O) groups excluding carboxylic acids is 2. The second kappa shape index (κ2) is 6.19. The van der Waals surface area contributed by atoms with E-state index in [0.29, 0.717) is 6.42 Å². The third kappa shape index (κ3) is 3.09. The third-order valence-corrected chi connectivity index (χ3v) is 6.38. The van der Waals surface area contributed by atoms with Crippen LogP contribution in [0.3, 0.4) is 0 Å². The van der Waals surface area contributed by atoms with Gasteiger partial charge in [-0.1, -0.05) is 26.6 Å². The minimum Gasteiger partial charge on any atom is -0.465 e. The molecule has 0 saturated heterocycles. The van der Waals surface area contributed by atoms with Crippen molar-refractivity contribution < 1.29 is 19.1 Å². The van der Waals surface area contributed by atoms with Gasteiger partial charge >= 0.3 is 11.9 Å². The molecule has 0 bridgehead atoms. The Kier molecular flexibility index (Phi) is 5.88. The van der Waals surface area contributed by atoms with Crippen LogP contribution in [0.25, 0.3) is 0 Å². The highest BCUT2D eigenvalue weighted by atomic mass is 28.3. The van der Waals surface area contributed by atoms with Gasteiger partial charge in [-0.2, -0.15) is 0 Å². The molecule has 100 valence electrons. The Labute approximate surface area is 105 Å². The lowest BCUT2D eigenvalue weighted by atomic mass is 10.1. The van der Waals surface area contributed by atoms with Gasteiger partial charge in [0.25, 0.3) is 0 Å². The van der Waals surface area contributed by atoms with Crippen LogP contribution >= 0.6 is 0 Å². The Morgan fingerprint density at radius 2 is 1.29 bits per heavy atom. The summed E-state index contributed by atoms with van der Waals surface area (Å²) in [4.78, 5) is 24.3. The lowest BCUT2D eigenvalue weighted by molar-refractivity contribution is -0.160. The molecule has 0 aliphatic carbocycles. The molecule has 0 radical (unpaired) electrons. The first-order valence-electron chi connectivity index (χ1n) is 6.12. The second-order valence-corrected chi connectivity index (χ2v) is 10.3. The van der Waals surface area contributed by atoms with Gasteiger partial charge in [-0.15, -0.1) is 0 Å². The fourth-order valence-corrected chi connectivity index (χ4v) is 4.45. The van der Waals surface area contributed by atoms with Crippen LogP contribution < -0.4 is 0 Å². The summed E-state index contributed by atoms with van der Waals surface area (Å²) in [7, 11) is -2.09. The van der Waals surface area contributed by atoms with Gasteiger partial charge in [0.05, 0.1) is 21.3 Å². The summed E-state index contributed by atoms with van der Waals surface area (Å²) < 4.78 is 10.2. The fraction of sp³-hybridized carbons (Fsp3) is 0.833. The Morgan fingerprint density at radius 3 is 1.47 bits per heavy atom. The average Bonchev–Trinajstić information content (AvgIpc) is 2.18. The Bertz CT molecular complexity index is 263. The van der Waals surface area contributed by atoms with E-state index in [1.807, 2.05) is 26.6 Å². The summed E-state index contributed by atoms with van der Waals surface area (Å²) in [6.45, 7) is 11.9. The normalized spacial score (nSPS) is 12.1. The zero-order valence-corrected chi connectivity index (χ0v) is 12.8. The van der Waals surface area contributed by atoms with Crippen LogP contribution in [-0.4, -0.2) is 33.2 Å². The van der Waals surface area contributed by atoms with E-state index in [4.69, 9.17) is 9.47 Å². The van der Waals surface area contributed by atoms with E-state index in [0.717, 1.165) is 0 Å². The van der Waals surface area contributed by atoms with Crippen molar-refractivity contribution in [3.8, 4) is 0 Å². The molecule has 0 heterocycles. The molecule has 0 unspecified atom stereocenters. The highest BCUT2D eigenvalue weighted by Gasteiger charge is 2.56. The fourth-order valence-electron chi connectivity index (χ4n) is 2.02. The van der Waals surface area contributed by atoms with Crippen molar-refractivity contribution >= 4 is 20.0 Å². The van der Waals surface area contributed by atoms with E-state index in [1.54, 1.807) is 13.8 Å². The zero-order valence-electron chi connectivity index (χ0n) is 11.8. The van der Waals surface area contributed by atoms with Crippen molar-refractivity contribution in [1.29, 1.82) is 0 Å². The van der Waals surface area contributed by atoms with Gasteiger partial charge in [0.1, 0.15) is 0 Å². The summed E-state index contributed by atoms with van der Waals surface area (Å²) in [5.74, 6) is -0.861. The highest BCUT2D eigenvalue weighted by molar-refractivity contribution is 6.85. The molecule has 0 aromatic carbocycles. The Balaban J connectivity index is 5.46. The minimum absolute atomic E-state index is 0.282. The maximum absolute atomic E-state index is 12.2. The van der Waals surface area contributed by atoms with Crippen LogP contribution in [0.2, 0.25) is 24.7 Å². The quantitative estimate of drug-likeness (QED) is 0.418. The van der Waals surface area contributed by atoms with Crippen LogP contribution in [0.15, 0.2) is 0 Å². The Morgan fingerprint density at radius 1 is 0.941 bits per heavy atom. The highest BCUT2D eigenvalue weighted by Crippen LogP contribution is 2.44. The number of carbonyl (C=O) groups is 2. The SMILES string of the molecule is CCOC(=O)C(CC)(C(=O)OCC)[Si](C)(C)C. The topological polar surface area (TPSA) is 52.6 Å². The van der Waals surface area contributed by atoms with Crippen LogP contribution in [0, 0.1) is 0 Å². The average molecular weight is 260 g/mol. The van der Waals surface area contributed by atoms with Crippen LogP contribution in [0.5, 0.6) is 0 Å². The van der Waals surface area contributed by atoms with E-state index >= 15 is 0 Å². The number of hydrogen-bond acceptors (Lipinski definition) is 4. The van der Waals surface area contributed by atoms with Gasteiger partial charge in [0.2, 0.25) is 0 Å². The maximum Gasteiger partial charge on any atom is 0.320 e. The van der Waals surface area contributed by atoms with E-state index in [9.17, 15) is 9.59 Å². The van der Waals surface area contributed by atoms with Gasteiger partial charge < -0.3 is 9.47 Å². The van der Waals surface area contributed by atoms with Crippen LogP contribution in [-0.2, 0) is 19.1 Å². The number of hydrogen-bond donors (Lipinski definition) is 0. The number of rotatable bonds is 6. The predicted molar refractivity (Wildman–Crippen MR) is 69.6 cm³/mol. The van der Waals surface area contributed by atoms with Crippen molar-refractivity contribution in [2.24, 2.45) is 0 Å². The van der Waals surface area contributed by atoms with Gasteiger partial charge in [-0.3, -0.25) is 9.59 Å².